The highest BCUT2D eigenvalue weighted by Crippen LogP contribution is 2.23. The van der Waals surface area contributed by atoms with Crippen LogP contribution in [0.2, 0.25) is 0 Å². The van der Waals surface area contributed by atoms with Crippen molar-refractivity contribution < 1.29 is 12.8 Å². The van der Waals surface area contributed by atoms with Gasteiger partial charge in [-0.3, -0.25) is 0 Å². The van der Waals surface area contributed by atoms with E-state index in [1.807, 2.05) is 4.90 Å². The lowest BCUT2D eigenvalue weighted by Gasteiger charge is -2.24. The Labute approximate surface area is 117 Å². The van der Waals surface area contributed by atoms with Crippen LogP contribution in [-0.2, 0) is 9.84 Å². The molecule has 0 spiro atoms. The Morgan fingerprint density at radius 1 is 1.32 bits per heavy atom. The van der Waals surface area contributed by atoms with E-state index in [0.717, 1.165) is 0 Å². The summed E-state index contributed by atoms with van der Waals surface area (Å²) in [6.07, 6.45) is 0.552. The highest BCUT2D eigenvalue weighted by atomic mass is 32.2. The molecule has 7 heteroatoms. The summed E-state index contributed by atoms with van der Waals surface area (Å²) in [6.45, 7) is 0.976. The second-order valence-corrected chi connectivity index (χ2v) is 7.26. The minimum absolute atomic E-state index is 0.0984. The van der Waals surface area contributed by atoms with E-state index in [0.29, 0.717) is 30.8 Å². The van der Waals surface area contributed by atoms with Gasteiger partial charge in [0.25, 0.3) is 0 Å². The first-order chi connectivity index (χ1) is 8.89. The molecule has 0 bridgehead atoms. The molecule has 1 aliphatic heterocycles. The average Bonchev–Trinajstić information content (AvgIpc) is 2.50. The minimum atomic E-state index is -2.98. The first-order valence-electron chi connectivity index (χ1n) is 5.94. The van der Waals surface area contributed by atoms with Gasteiger partial charge in [0, 0.05) is 24.3 Å². The molecule has 0 aromatic heterocycles. The SMILES string of the molecule is NC(=S)c1cc(F)ccc1N1CCCS(=O)(=O)CC1. The first kappa shape index (κ1) is 14.2. The lowest BCUT2D eigenvalue weighted by atomic mass is 10.1. The van der Waals surface area contributed by atoms with Crippen molar-refractivity contribution in [3.05, 3.63) is 29.6 Å². The van der Waals surface area contributed by atoms with Crippen molar-refractivity contribution in [2.75, 3.05) is 29.5 Å². The van der Waals surface area contributed by atoms with Crippen molar-refractivity contribution in [3.8, 4) is 0 Å². The monoisotopic (exact) mass is 302 g/mol. The first-order valence-corrected chi connectivity index (χ1v) is 8.17. The van der Waals surface area contributed by atoms with Crippen LogP contribution in [0.25, 0.3) is 0 Å². The van der Waals surface area contributed by atoms with Gasteiger partial charge in [0.2, 0.25) is 0 Å². The number of thiocarbonyl (C=S) groups is 1. The maximum atomic E-state index is 13.2. The third kappa shape index (κ3) is 3.42. The number of hydrogen-bond donors (Lipinski definition) is 1. The number of sulfone groups is 1. The number of nitrogens with two attached hydrogens (primary N) is 1. The lowest BCUT2D eigenvalue weighted by Crippen LogP contribution is -2.29. The molecule has 1 fully saturated rings. The van der Waals surface area contributed by atoms with Crippen LogP contribution in [0.3, 0.4) is 0 Å². The Morgan fingerprint density at radius 2 is 2.05 bits per heavy atom. The topological polar surface area (TPSA) is 63.4 Å². The summed E-state index contributed by atoms with van der Waals surface area (Å²) in [4.78, 5) is 2.01. The smallest absolute Gasteiger partial charge is 0.152 e. The fourth-order valence-corrected chi connectivity index (χ4v) is 3.60. The predicted molar refractivity (Wildman–Crippen MR) is 77.8 cm³/mol. The molecule has 0 aliphatic carbocycles. The number of halogens is 1. The summed E-state index contributed by atoms with van der Waals surface area (Å²) in [5.74, 6) is -0.122. The lowest BCUT2D eigenvalue weighted by molar-refractivity contribution is 0.597. The number of anilines is 1. The van der Waals surface area contributed by atoms with Crippen LogP contribution < -0.4 is 10.6 Å². The van der Waals surface area contributed by atoms with Crippen LogP contribution >= 0.6 is 12.2 Å². The molecule has 1 aliphatic rings. The van der Waals surface area contributed by atoms with Crippen molar-refractivity contribution in [3.63, 3.8) is 0 Å². The highest BCUT2D eigenvalue weighted by Gasteiger charge is 2.21. The zero-order valence-corrected chi connectivity index (χ0v) is 11.9. The van der Waals surface area contributed by atoms with E-state index < -0.39 is 15.7 Å². The number of nitrogens with zero attached hydrogens (tertiary/aromatic N) is 1. The number of rotatable bonds is 2. The van der Waals surface area contributed by atoms with Crippen molar-refractivity contribution in [2.24, 2.45) is 5.73 Å². The van der Waals surface area contributed by atoms with E-state index >= 15 is 0 Å². The molecule has 104 valence electrons. The molecule has 1 aromatic rings. The molecular weight excluding hydrogens is 287 g/mol. The van der Waals surface area contributed by atoms with Gasteiger partial charge >= 0.3 is 0 Å². The molecule has 0 radical (unpaired) electrons. The summed E-state index contributed by atoms with van der Waals surface area (Å²) in [5, 5.41) is 0. The van der Waals surface area contributed by atoms with Gasteiger partial charge in [0.15, 0.2) is 9.84 Å². The predicted octanol–water partition coefficient (Wildman–Crippen LogP) is 1.08. The molecule has 2 rings (SSSR count). The Kier molecular flexibility index (Phi) is 4.05. The van der Waals surface area contributed by atoms with Gasteiger partial charge in [-0.15, -0.1) is 0 Å². The summed E-state index contributed by atoms with van der Waals surface area (Å²) >= 11 is 4.92. The summed E-state index contributed by atoms with van der Waals surface area (Å²) < 4.78 is 36.4. The largest absolute Gasteiger partial charge is 0.389 e. The van der Waals surface area contributed by atoms with E-state index in [-0.39, 0.29) is 16.5 Å². The molecule has 4 nitrogen and oxygen atoms in total. The van der Waals surface area contributed by atoms with Crippen LogP contribution in [0.1, 0.15) is 12.0 Å². The Hall–Kier alpha value is -1.21. The minimum Gasteiger partial charge on any atom is -0.389 e. The van der Waals surface area contributed by atoms with Gasteiger partial charge in [-0.25, -0.2) is 12.8 Å². The molecule has 0 atom stereocenters. The van der Waals surface area contributed by atoms with Crippen molar-refractivity contribution in [1.29, 1.82) is 0 Å². The maximum Gasteiger partial charge on any atom is 0.152 e. The standard InChI is InChI=1S/C12H15FN2O2S2/c13-9-2-3-11(10(8-9)12(14)18)15-4-1-6-19(16,17)7-5-15/h2-3,8H,1,4-7H2,(H2,14,18). The third-order valence-corrected chi connectivity index (χ3v) is 5.06. The van der Waals surface area contributed by atoms with E-state index in [4.69, 9.17) is 18.0 Å². The molecule has 1 aromatic carbocycles. The molecule has 19 heavy (non-hydrogen) atoms. The molecule has 1 saturated heterocycles. The molecule has 2 N–H and O–H groups in total. The van der Waals surface area contributed by atoms with E-state index in [1.165, 1.54) is 12.1 Å². The second-order valence-electron chi connectivity index (χ2n) is 4.52. The Bertz CT molecular complexity index is 602. The zero-order chi connectivity index (χ0) is 14.0. The van der Waals surface area contributed by atoms with Crippen LogP contribution in [0.5, 0.6) is 0 Å². The molecular formula is C12H15FN2O2S2. The van der Waals surface area contributed by atoms with Crippen molar-refractivity contribution in [2.45, 2.75) is 6.42 Å². The fourth-order valence-electron chi connectivity index (χ4n) is 2.16. The van der Waals surface area contributed by atoms with Crippen LogP contribution in [-0.4, -0.2) is 38.0 Å². The van der Waals surface area contributed by atoms with Gasteiger partial charge in [-0.1, -0.05) is 12.2 Å². The molecule has 0 amide bonds. The number of benzene rings is 1. The van der Waals surface area contributed by atoms with Crippen LogP contribution in [0, 0.1) is 5.82 Å². The quantitative estimate of drug-likeness (QED) is 0.829. The van der Waals surface area contributed by atoms with Crippen molar-refractivity contribution >= 4 is 32.7 Å². The van der Waals surface area contributed by atoms with E-state index in [1.54, 1.807) is 6.07 Å². The summed E-state index contributed by atoms with van der Waals surface area (Å²) in [6, 6.07) is 4.22. The maximum absolute atomic E-state index is 13.2. The normalized spacial score (nSPS) is 18.9. The molecule has 0 unspecified atom stereocenters. The molecule has 0 saturated carbocycles. The summed E-state index contributed by atoms with van der Waals surface area (Å²) in [7, 11) is -2.98. The van der Waals surface area contributed by atoms with Crippen LogP contribution in [0.15, 0.2) is 18.2 Å². The van der Waals surface area contributed by atoms with Crippen LogP contribution in [0.4, 0.5) is 10.1 Å². The van der Waals surface area contributed by atoms with E-state index in [9.17, 15) is 12.8 Å². The highest BCUT2D eigenvalue weighted by molar-refractivity contribution is 7.91. The van der Waals surface area contributed by atoms with Gasteiger partial charge in [-0.05, 0) is 24.6 Å². The van der Waals surface area contributed by atoms with Crippen molar-refractivity contribution in [1.82, 2.24) is 0 Å². The Morgan fingerprint density at radius 3 is 2.74 bits per heavy atom. The van der Waals surface area contributed by atoms with Gasteiger partial charge in [-0.2, -0.15) is 0 Å². The van der Waals surface area contributed by atoms with Gasteiger partial charge < -0.3 is 10.6 Å². The zero-order valence-electron chi connectivity index (χ0n) is 10.3. The van der Waals surface area contributed by atoms with Gasteiger partial charge in [0.1, 0.15) is 10.8 Å². The van der Waals surface area contributed by atoms with E-state index in [2.05, 4.69) is 0 Å². The average molecular weight is 302 g/mol. The van der Waals surface area contributed by atoms with Gasteiger partial charge in [0.05, 0.1) is 11.5 Å². The second kappa shape index (κ2) is 5.42. The third-order valence-electron chi connectivity index (χ3n) is 3.12. The molecule has 1 heterocycles. The Balaban J connectivity index is 2.34. The summed E-state index contributed by atoms with van der Waals surface area (Å²) in [5.41, 5.74) is 6.76. The number of hydrogen-bond acceptors (Lipinski definition) is 4. The fraction of sp³-hybridized carbons (Fsp3) is 0.417.